The SMILES string of the molecule is C[C@H](C(c1ccccc1)c1ccccc1)N1CC[C@@H](CNC(=O)c2ccc3ccccc3c2)N[C@@H](CCCCC(=N)N)C1=O. The van der Waals surface area contributed by atoms with Crippen LogP contribution in [0.5, 0.6) is 0 Å². The standard InChI is InChI=1S/C37H43N5O2/c1-26(35(28-13-4-2-5-14-28)29-15-6-3-7-16-29)42-23-22-32(41-33(37(42)44)18-10-11-19-34(38)39)25-40-36(43)31-21-20-27-12-8-9-17-30(27)24-31/h2-9,12-17,20-21,24,26,32-33,35,41H,10-11,18-19,22-23,25H2,1H3,(H3,38,39)(H,40,43)/t26-,32+,33+/m1/s1. The molecule has 1 heterocycles. The fourth-order valence-electron chi connectivity index (χ4n) is 6.38. The summed E-state index contributed by atoms with van der Waals surface area (Å²) in [6.07, 6.45) is 3.43. The van der Waals surface area contributed by atoms with Crippen molar-refractivity contribution in [3.8, 4) is 0 Å². The highest BCUT2D eigenvalue weighted by molar-refractivity contribution is 5.98. The Bertz CT molecular complexity index is 1520. The Hall–Kier alpha value is -4.49. The third-order valence-electron chi connectivity index (χ3n) is 8.74. The van der Waals surface area contributed by atoms with Gasteiger partial charge in [-0.2, -0.15) is 0 Å². The smallest absolute Gasteiger partial charge is 0.251 e. The van der Waals surface area contributed by atoms with E-state index in [0.29, 0.717) is 37.9 Å². The molecule has 7 heteroatoms. The molecule has 0 aliphatic carbocycles. The van der Waals surface area contributed by atoms with E-state index in [1.165, 1.54) is 11.1 Å². The average molecular weight is 590 g/mol. The molecule has 4 aromatic rings. The lowest BCUT2D eigenvalue weighted by atomic mass is 9.84. The van der Waals surface area contributed by atoms with Gasteiger partial charge in [-0.25, -0.2) is 0 Å². The second kappa shape index (κ2) is 14.8. The minimum atomic E-state index is -0.387. The predicted molar refractivity (Wildman–Crippen MR) is 178 cm³/mol. The number of nitrogens with one attached hydrogen (secondary N) is 3. The molecule has 1 saturated heterocycles. The molecule has 1 fully saturated rings. The first-order valence-electron chi connectivity index (χ1n) is 15.7. The normalized spacial score (nSPS) is 17.8. The Kier molecular flexibility index (Phi) is 10.4. The molecule has 0 aromatic heterocycles. The Morgan fingerprint density at radius 3 is 2.23 bits per heavy atom. The summed E-state index contributed by atoms with van der Waals surface area (Å²) in [4.78, 5) is 29.4. The van der Waals surface area contributed by atoms with Gasteiger partial charge in [-0.05, 0) is 60.2 Å². The minimum Gasteiger partial charge on any atom is -0.388 e. The van der Waals surface area contributed by atoms with Crippen molar-refractivity contribution in [1.29, 1.82) is 5.41 Å². The monoisotopic (exact) mass is 589 g/mol. The summed E-state index contributed by atoms with van der Waals surface area (Å²) in [7, 11) is 0. The summed E-state index contributed by atoms with van der Waals surface area (Å²) in [5, 5.41) is 16.4. The van der Waals surface area contributed by atoms with Gasteiger partial charge in [0.25, 0.3) is 5.91 Å². The molecule has 1 aliphatic rings. The second-order valence-corrected chi connectivity index (χ2v) is 11.8. The highest BCUT2D eigenvalue weighted by Gasteiger charge is 2.36. The molecule has 44 heavy (non-hydrogen) atoms. The van der Waals surface area contributed by atoms with Gasteiger partial charge in [0.1, 0.15) is 0 Å². The highest BCUT2D eigenvalue weighted by atomic mass is 16.2. The molecule has 1 aliphatic heterocycles. The van der Waals surface area contributed by atoms with E-state index in [2.05, 4.69) is 66.1 Å². The molecule has 5 rings (SSSR count). The van der Waals surface area contributed by atoms with Gasteiger partial charge in [0.2, 0.25) is 5.91 Å². The van der Waals surface area contributed by atoms with Gasteiger partial charge >= 0.3 is 0 Å². The second-order valence-electron chi connectivity index (χ2n) is 11.8. The Balaban J connectivity index is 1.34. The fraction of sp³-hybridized carbons (Fsp3) is 0.324. The van der Waals surface area contributed by atoms with Crippen molar-refractivity contribution >= 4 is 28.4 Å². The molecule has 3 atom stereocenters. The summed E-state index contributed by atoms with van der Waals surface area (Å²) in [6.45, 7) is 3.16. The number of carbonyl (C=O) groups is 2. The van der Waals surface area contributed by atoms with Gasteiger partial charge in [-0.3, -0.25) is 15.0 Å². The van der Waals surface area contributed by atoms with Crippen LogP contribution >= 0.6 is 0 Å². The lowest BCUT2D eigenvalue weighted by Gasteiger charge is -2.36. The average Bonchev–Trinajstić information content (AvgIpc) is 3.20. The van der Waals surface area contributed by atoms with Crippen molar-refractivity contribution in [3.63, 3.8) is 0 Å². The largest absolute Gasteiger partial charge is 0.388 e. The maximum Gasteiger partial charge on any atom is 0.251 e. The molecule has 4 aromatic carbocycles. The van der Waals surface area contributed by atoms with Crippen LogP contribution in [0, 0.1) is 5.41 Å². The lowest BCUT2D eigenvalue weighted by Crippen LogP contribution is -2.51. The molecule has 0 saturated carbocycles. The van der Waals surface area contributed by atoms with E-state index in [1.54, 1.807) is 0 Å². The molecule has 2 amide bonds. The molecule has 0 spiro atoms. The number of nitrogens with two attached hydrogens (primary N) is 1. The third-order valence-corrected chi connectivity index (χ3v) is 8.74. The Labute approximate surface area is 260 Å². The third kappa shape index (κ3) is 7.71. The van der Waals surface area contributed by atoms with Crippen LogP contribution < -0.4 is 16.4 Å². The highest BCUT2D eigenvalue weighted by Crippen LogP contribution is 2.32. The van der Waals surface area contributed by atoms with Crippen molar-refractivity contribution in [2.45, 2.75) is 63.1 Å². The van der Waals surface area contributed by atoms with E-state index in [4.69, 9.17) is 11.1 Å². The van der Waals surface area contributed by atoms with Gasteiger partial charge in [0.05, 0.1) is 11.9 Å². The van der Waals surface area contributed by atoms with E-state index in [0.717, 1.165) is 23.6 Å². The number of amides is 2. The first-order valence-corrected chi connectivity index (χ1v) is 15.7. The first-order chi connectivity index (χ1) is 21.4. The molecular formula is C37H43N5O2. The number of rotatable bonds is 12. The Morgan fingerprint density at radius 1 is 0.932 bits per heavy atom. The molecule has 0 radical (unpaired) electrons. The van der Waals surface area contributed by atoms with Crippen molar-refractivity contribution in [2.75, 3.05) is 13.1 Å². The van der Waals surface area contributed by atoms with Crippen molar-refractivity contribution in [1.82, 2.24) is 15.5 Å². The van der Waals surface area contributed by atoms with Crippen molar-refractivity contribution in [2.24, 2.45) is 5.73 Å². The molecule has 7 nitrogen and oxygen atoms in total. The summed E-state index contributed by atoms with van der Waals surface area (Å²) in [5.74, 6) is 0.150. The number of nitrogens with zero attached hydrogens (tertiary/aromatic N) is 1. The van der Waals surface area contributed by atoms with E-state index in [9.17, 15) is 9.59 Å². The first kappa shape index (κ1) is 31.0. The summed E-state index contributed by atoms with van der Waals surface area (Å²) in [5.41, 5.74) is 8.56. The van der Waals surface area contributed by atoms with Crippen LogP contribution in [0.4, 0.5) is 0 Å². The quantitative estimate of drug-likeness (QED) is 0.0944. The zero-order valence-corrected chi connectivity index (χ0v) is 25.4. The van der Waals surface area contributed by atoms with Crippen LogP contribution in [0.1, 0.15) is 66.4 Å². The van der Waals surface area contributed by atoms with Gasteiger partial charge in [-0.15, -0.1) is 0 Å². The molecule has 0 unspecified atom stereocenters. The summed E-state index contributed by atoms with van der Waals surface area (Å²) >= 11 is 0. The molecule has 5 N–H and O–H groups in total. The van der Waals surface area contributed by atoms with Crippen LogP contribution in [0.3, 0.4) is 0 Å². The molecule has 228 valence electrons. The lowest BCUT2D eigenvalue weighted by molar-refractivity contribution is -0.135. The topological polar surface area (TPSA) is 111 Å². The van der Waals surface area contributed by atoms with E-state index < -0.39 is 0 Å². The zero-order valence-electron chi connectivity index (χ0n) is 25.4. The molecule has 0 bridgehead atoms. The number of unbranched alkanes of at least 4 members (excludes halogenated alkanes) is 1. The number of amidine groups is 1. The fourth-order valence-corrected chi connectivity index (χ4v) is 6.38. The number of fused-ring (bicyclic) bond motifs is 1. The molecular weight excluding hydrogens is 546 g/mol. The van der Waals surface area contributed by atoms with Crippen LogP contribution in [0.2, 0.25) is 0 Å². The van der Waals surface area contributed by atoms with Crippen LogP contribution in [-0.4, -0.2) is 53.8 Å². The predicted octanol–water partition coefficient (Wildman–Crippen LogP) is 5.85. The van der Waals surface area contributed by atoms with E-state index in [1.807, 2.05) is 59.5 Å². The van der Waals surface area contributed by atoms with Crippen LogP contribution in [0.15, 0.2) is 103 Å². The summed E-state index contributed by atoms with van der Waals surface area (Å²) in [6, 6.07) is 34.0. The maximum atomic E-state index is 14.2. The number of hydrogen-bond donors (Lipinski definition) is 4. The van der Waals surface area contributed by atoms with Gasteiger partial charge in [-0.1, -0.05) is 97.4 Å². The summed E-state index contributed by atoms with van der Waals surface area (Å²) < 4.78 is 0. The number of benzene rings is 4. The minimum absolute atomic E-state index is 0.0175. The maximum absolute atomic E-state index is 14.2. The van der Waals surface area contributed by atoms with Gasteiger partial charge in [0.15, 0.2) is 0 Å². The van der Waals surface area contributed by atoms with E-state index in [-0.39, 0.29) is 41.7 Å². The Morgan fingerprint density at radius 2 is 1.57 bits per heavy atom. The van der Waals surface area contributed by atoms with Crippen LogP contribution in [0.25, 0.3) is 10.8 Å². The van der Waals surface area contributed by atoms with Crippen molar-refractivity contribution in [3.05, 3.63) is 120 Å². The van der Waals surface area contributed by atoms with Gasteiger partial charge < -0.3 is 21.3 Å². The zero-order chi connectivity index (χ0) is 30.9. The number of hydrogen-bond acceptors (Lipinski definition) is 4. The van der Waals surface area contributed by atoms with Crippen LogP contribution in [-0.2, 0) is 4.79 Å². The van der Waals surface area contributed by atoms with E-state index >= 15 is 0 Å². The van der Waals surface area contributed by atoms with Crippen molar-refractivity contribution < 1.29 is 9.59 Å². The van der Waals surface area contributed by atoms with Gasteiger partial charge in [0, 0.05) is 43.1 Å². The number of carbonyl (C=O) groups excluding carboxylic acids is 2.